The van der Waals surface area contributed by atoms with E-state index in [-0.39, 0.29) is 23.7 Å². The van der Waals surface area contributed by atoms with Crippen LogP contribution in [-0.2, 0) is 11.2 Å². The van der Waals surface area contributed by atoms with Crippen molar-refractivity contribution in [1.29, 1.82) is 0 Å². The molecule has 0 saturated heterocycles. The molecule has 0 saturated carbocycles. The Hall–Kier alpha value is -0.770. The van der Waals surface area contributed by atoms with E-state index in [9.17, 15) is 4.79 Å². The summed E-state index contributed by atoms with van der Waals surface area (Å²) in [5.41, 5.74) is 6.94. The highest BCUT2D eigenvalue weighted by Crippen LogP contribution is 2.22. The maximum Gasteiger partial charge on any atom is 0.236 e. The maximum atomic E-state index is 11.8. The van der Waals surface area contributed by atoms with E-state index >= 15 is 0 Å². The molecule has 21 heavy (non-hydrogen) atoms. The number of halogens is 2. The van der Waals surface area contributed by atoms with Crippen LogP contribution in [-0.4, -0.2) is 18.5 Å². The second kappa shape index (κ2) is 9.29. The third-order valence-corrected chi connectivity index (χ3v) is 3.48. The fourth-order valence-electron chi connectivity index (χ4n) is 2.16. The number of rotatable bonds is 7. The smallest absolute Gasteiger partial charge is 0.236 e. The first-order valence-corrected chi connectivity index (χ1v) is 7.49. The molecule has 120 valence electrons. The molecule has 0 aliphatic rings. The van der Waals surface area contributed by atoms with Gasteiger partial charge in [-0.1, -0.05) is 50.9 Å². The molecule has 0 bridgehead atoms. The molecular formula is C16H26Cl2N2O. The van der Waals surface area contributed by atoms with Crippen molar-refractivity contribution in [3.05, 3.63) is 34.9 Å². The summed E-state index contributed by atoms with van der Waals surface area (Å²) >= 11 is 5.99. The van der Waals surface area contributed by atoms with E-state index in [0.717, 1.165) is 24.3 Å². The quantitative estimate of drug-likeness (QED) is 0.801. The van der Waals surface area contributed by atoms with Crippen LogP contribution in [0.1, 0.15) is 39.2 Å². The number of benzene rings is 1. The molecular weight excluding hydrogens is 307 g/mol. The molecule has 0 heterocycles. The highest BCUT2D eigenvalue weighted by Gasteiger charge is 2.21. The van der Waals surface area contributed by atoms with Crippen LogP contribution in [0.15, 0.2) is 24.3 Å². The lowest BCUT2D eigenvalue weighted by molar-refractivity contribution is -0.122. The lowest BCUT2D eigenvalue weighted by Gasteiger charge is -2.26. The summed E-state index contributed by atoms with van der Waals surface area (Å²) in [4.78, 5) is 11.8. The second-order valence-electron chi connectivity index (χ2n) is 6.08. The van der Waals surface area contributed by atoms with E-state index in [4.69, 9.17) is 17.3 Å². The topological polar surface area (TPSA) is 55.1 Å². The Labute approximate surface area is 139 Å². The summed E-state index contributed by atoms with van der Waals surface area (Å²) in [6.07, 6.45) is 2.50. The molecule has 0 radical (unpaired) electrons. The van der Waals surface area contributed by atoms with Crippen LogP contribution in [0, 0.1) is 5.41 Å². The van der Waals surface area contributed by atoms with Gasteiger partial charge in [0.05, 0.1) is 6.04 Å². The highest BCUT2D eigenvalue weighted by molar-refractivity contribution is 6.30. The van der Waals surface area contributed by atoms with E-state index in [1.54, 1.807) is 0 Å². The molecule has 0 aliphatic heterocycles. The zero-order valence-corrected chi connectivity index (χ0v) is 14.6. The zero-order chi connectivity index (χ0) is 15.2. The summed E-state index contributed by atoms with van der Waals surface area (Å²) in [6, 6.07) is 7.43. The van der Waals surface area contributed by atoms with Crippen LogP contribution in [0.5, 0.6) is 0 Å². The van der Waals surface area contributed by atoms with Crippen LogP contribution in [0.4, 0.5) is 0 Å². The van der Waals surface area contributed by atoms with E-state index in [1.165, 1.54) is 5.56 Å². The van der Waals surface area contributed by atoms with Gasteiger partial charge in [0, 0.05) is 11.6 Å². The maximum absolute atomic E-state index is 11.8. The highest BCUT2D eigenvalue weighted by atomic mass is 35.5. The average molecular weight is 333 g/mol. The molecule has 1 unspecified atom stereocenters. The average Bonchev–Trinajstić information content (AvgIpc) is 2.35. The minimum absolute atomic E-state index is 0. The SMILES string of the molecule is CCCC(N)C(=O)NCC(C)(C)Cc1cccc(Cl)c1.Cl. The summed E-state index contributed by atoms with van der Waals surface area (Å²) in [7, 11) is 0. The first-order chi connectivity index (χ1) is 9.34. The fourth-order valence-corrected chi connectivity index (χ4v) is 2.37. The number of hydrogen-bond donors (Lipinski definition) is 2. The monoisotopic (exact) mass is 332 g/mol. The Balaban J connectivity index is 0.00000400. The summed E-state index contributed by atoms with van der Waals surface area (Å²) in [6.45, 7) is 6.88. The Bertz CT molecular complexity index is 450. The van der Waals surface area contributed by atoms with Crippen LogP contribution >= 0.6 is 24.0 Å². The van der Waals surface area contributed by atoms with Crippen molar-refractivity contribution in [3.63, 3.8) is 0 Å². The van der Waals surface area contributed by atoms with Gasteiger partial charge in [0.15, 0.2) is 0 Å². The normalized spacial score (nSPS) is 12.4. The molecule has 1 atom stereocenters. The van der Waals surface area contributed by atoms with Crippen LogP contribution in [0.25, 0.3) is 0 Å². The van der Waals surface area contributed by atoms with Gasteiger partial charge < -0.3 is 11.1 Å². The Kier molecular flexibility index (Phi) is 8.95. The third-order valence-electron chi connectivity index (χ3n) is 3.25. The van der Waals surface area contributed by atoms with Crippen LogP contribution in [0.2, 0.25) is 5.02 Å². The van der Waals surface area contributed by atoms with Crippen molar-refractivity contribution in [1.82, 2.24) is 5.32 Å². The molecule has 5 heteroatoms. The van der Waals surface area contributed by atoms with Gasteiger partial charge in [-0.15, -0.1) is 12.4 Å². The van der Waals surface area contributed by atoms with E-state index in [2.05, 4.69) is 25.2 Å². The minimum atomic E-state index is -0.401. The predicted octanol–water partition coefficient (Wildman–Crippen LogP) is 3.57. The van der Waals surface area contributed by atoms with Gasteiger partial charge >= 0.3 is 0 Å². The number of nitrogens with two attached hydrogens (primary N) is 1. The predicted molar refractivity (Wildman–Crippen MR) is 92.1 cm³/mol. The molecule has 3 N–H and O–H groups in total. The van der Waals surface area contributed by atoms with Gasteiger partial charge in [0.2, 0.25) is 5.91 Å². The molecule has 1 rings (SSSR count). The number of hydrogen-bond acceptors (Lipinski definition) is 2. The molecule has 1 aromatic rings. The van der Waals surface area contributed by atoms with Crippen molar-refractivity contribution < 1.29 is 4.79 Å². The van der Waals surface area contributed by atoms with Crippen LogP contribution < -0.4 is 11.1 Å². The van der Waals surface area contributed by atoms with Crippen molar-refractivity contribution >= 4 is 29.9 Å². The number of nitrogens with one attached hydrogen (secondary N) is 1. The zero-order valence-electron chi connectivity index (χ0n) is 13.0. The lowest BCUT2D eigenvalue weighted by atomic mass is 9.85. The van der Waals surface area contributed by atoms with Gasteiger partial charge in [-0.05, 0) is 36.0 Å². The summed E-state index contributed by atoms with van der Waals surface area (Å²) < 4.78 is 0. The Morgan fingerprint density at radius 1 is 1.43 bits per heavy atom. The van der Waals surface area contributed by atoms with Crippen molar-refractivity contribution in [2.75, 3.05) is 6.54 Å². The van der Waals surface area contributed by atoms with Gasteiger partial charge in [-0.2, -0.15) is 0 Å². The Morgan fingerprint density at radius 3 is 2.67 bits per heavy atom. The van der Waals surface area contributed by atoms with E-state index in [0.29, 0.717) is 6.54 Å². The third kappa shape index (κ3) is 7.70. The molecule has 3 nitrogen and oxygen atoms in total. The van der Waals surface area contributed by atoms with Crippen LogP contribution in [0.3, 0.4) is 0 Å². The minimum Gasteiger partial charge on any atom is -0.354 e. The lowest BCUT2D eigenvalue weighted by Crippen LogP contribution is -2.44. The van der Waals surface area contributed by atoms with Gasteiger partial charge in [-0.25, -0.2) is 0 Å². The molecule has 1 amide bonds. The van der Waals surface area contributed by atoms with Gasteiger partial charge in [0.25, 0.3) is 0 Å². The van der Waals surface area contributed by atoms with E-state index < -0.39 is 6.04 Å². The van der Waals surface area contributed by atoms with E-state index in [1.807, 2.05) is 25.1 Å². The standard InChI is InChI=1S/C16H25ClN2O.ClH/c1-4-6-14(18)15(20)19-11-16(2,3)10-12-7-5-8-13(17)9-12;/h5,7-9,14H,4,6,10-11,18H2,1-3H3,(H,19,20);1H. The molecule has 0 spiro atoms. The van der Waals surface area contributed by atoms with Gasteiger partial charge in [0.1, 0.15) is 0 Å². The largest absolute Gasteiger partial charge is 0.354 e. The van der Waals surface area contributed by atoms with Crippen molar-refractivity contribution in [2.45, 2.75) is 46.1 Å². The first kappa shape index (κ1) is 20.2. The number of amides is 1. The fraction of sp³-hybridized carbons (Fsp3) is 0.562. The second-order valence-corrected chi connectivity index (χ2v) is 6.52. The van der Waals surface area contributed by atoms with Crippen molar-refractivity contribution in [2.24, 2.45) is 11.1 Å². The molecule has 0 aliphatic carbocycles. The first-order valence-electron chi connectivity index (χ1n) is 7.12. The van der Waals surface area contributed by atoms with Crippen molar-refractivity contribution in [3.8, 4) is 0 Å². The number of carbonyl (C=O) groups is 1. The van der Waals surface area contributed by atoms with Gasteiger partial charge in [-0.3, -0.25) is 4.79 Å². The molecule has 1 aromatic carbocycles. The Morgan fingerprint density at radius 2 is 2.10 bits per heavy atom. The number of carbonyl (C=O) groups excluding carboxylic acids is 1. The summed E-state index contributed by atoms with van der Waals surface area (Å²) in [5.74, 6) is -0.0639. The molecule has 0 aromatic heterocycles. The summed E-state index contributed by atoms with van der Waals surface area (Å²) in [5, 5.41) is 3.69. The molecule has 0 fully saturated rings.